The lowest BCUT2D eigenvalue weighted by atomic mass is 9.86. The molecule has 0 radical (unpaired) electrons. The maximum absolute atomic E-state index is 11.5. The number of hydrogen-bond donors (Lipinski definition) is 3. The number of carboxylic acids is 2. The summed E-state index contributed by atoms with van der Waals surface area (Å²) in [6.45, 7) is 0. The number of aliphatic carboxylic acids is 2. The van der Waals surface area contributed by atoms with E-state index in [1.807, 2.05) is 18.2 Å². The average Bonchev–Trinajstić information content (AvgIpc) is 3.26. The van der Waals surface area contributed by atoms with Crippen molar-refractivity contribution in [2.75, 3.05) is 7.11 Å². The fourth-order valence-electron chi connectivity index (χ4n) is 2.67. The van der Waals surface area contributed by atoms with Gasteiger partial charge in [0.15, 0.2) is 0 Å². The summed E-state index contributed by atoms with van der Waals surface area (Å²) in [5.74, 6) is -2.56. The van der Waals surface area contributed by atoms with E-state index in [0.29, 0.717) is 18.6 Å². The van der Waals surface area contributed by atoms with Gasteiger partial charge in [0.2, 0.25) is 0 Å². The maximum Gasteiger partial charge on any atom is 0.324 e. The van der Waals surface area contributed by atoms with Crippen molar-refractivity contribution < 1.29 is 24.5 Å². The molecule has 2 rings (SSSR count). The van der Waals surface area contributed by atoms with Crippen molar-refractivity contribution in [1.82, 2.24) is 0 Å². The van der Waals surface area contributed by atoms with Crippen molar-refractivity contribution in [3.8, 4) is 5.75 Å². The number of carboxylic acid groups (broad SMARTS) is 2. The Morgan fingerprint density at radius 3 is 2.67 bits per heavy atom. The molecule has 3 atom stereocenters. The van der Waals surface area contributed by atoms with Crippen LogP contribution in [-0.2, 0) is 16.0 Å². The molecule has 0 saturated heterocycles. The van der Waals surface area contributed by atoms with Crippen molar-refractivity contribution >= 4 is 11.9 Å². The van der Waals surface area contributed by atoms with Crippen LogP contribution in [0.25, 0.3) is 0 Å². The van der Waals surface area contributed by atoms with Gasteiger partial charge in [-0.2, -0.15) is 0 Å². The maximum atomic E-state index is 11.5. The van der Waals surface area contributed by atoms with E-state index in [9.17, 15) is 14.7 Å². The van der Waals surface area contributed by atoms with Gasteiger partial charge in [-0.25, -0.2) is 0 Å². The Morgan fingerprint density at radius 1 is 1.43 bits per heavy atom. The van der Waals surface area contributed by atoms with E-state index in [2.05, 4.69) is 0 Å². The Kier molecular flexibility index (Phi) is 4.18. The summed E-state index contributed by atoms with van der Waals surface area (Å²) in [7, 11) is 1.56. The molecule has 0 amide bonds. The highest BCUT2D eigenvalue weighted by Crippen LogP contribution is 2.47. The summed E-state index contributed by atoms with van der Waals surface area (Å²) < 4.78 is 5.12. The first-order chi connectivity index (χ1) is 9.88. The summed E-state index contributed by atoms with van der Waals surface area (Å²) in [4.78, 5) is 22.4. The molecule has 1 aromatic rings. The molecule has 1 aliphatic carbocycles. The minimum Gasteiger partial charge on any atom is -0.497 e. The van der Waals surface area contributed by atoms with Crippen LogP contribution in [0.1, 0.15) is 18.4 Å². The molecular weight excluding hydrogens is 274 g/mol. The van der Waals surface area contributed by atoms with Gasteiger partial charge in [0, 0.05) is 5.92 Å². The Bertz CT molecular complexity index is 559. The molecule has 6 nitrogen and oxygen atoms in total. The number of methoxy groups -OCH3 is 1. The van der Waals surface area contributed by atoms with Gasteiger partial charge in [-0.1, -0.05) is 12.1 Å². The molecule has 0 aliphatic heterocycles. The molecule has 1 aliphatic rings. The molecule has 0 spiro atoms. The molecule has 1 aromatic carbocycles. The zero-order valence-corrected chi connectivity index (χ0v) is 11.8. The average molecular weight is 293 g/mol. The second-order valence-electron chi connectivity index (χ2n) is 5.48. The van der Waals surface area contributed by atoms with Gasteiger partial charge in [-0.05, 0) is 37.0 Å². The number of nitrogens with two attached hydrogens (primary N) is 1. The molecule has 114 valence electrons. The third-order valence-corrected chi connectivity index (χ3v) is 4.13. The molecule has 1 fully saturated rings. The third kappa shape index (κ3) is 3.16. The third-order valence-electron chi connectivity index (χ3n) is 4.13. The predicted molar refractivity (Wildman–Crippen MR) is 75.1 cm³/mol. The van der Waals surface area contributed by atoms with E-state index >= 15 is 0 Å². The summed E-state index contributed by atoms with van der Waals surface area (Å²) in [5, 5.41) is 18.3. The van der Waals surface area contributed by atoms with Crippen LogP contribution >= 0.6 is 0 Å². The zero-order valence-electron chi connectivity index (χ0n) is 11.8. The molecule has 0 unspecified atom stereocenters. The van der Waals surface area contributed by atoms with Crippen LogP contribution in [-0.4, -0.2) is 34.8 Å². The van der Waals surface area contributed by atoms with Gasteiger partial charge in [-0.15, -0.1) is 0 Å². The van der Waals surface area contributed by atoms with Gasteiger partial charge in [-0.3, -0.25) is 9.59 Å². The quantitative estimate of drug-likeness (QED) is 0.695. The van der Waals surface area contributed by atoms with Crippen LogP contribution in [0.15, 0.2) is 24.3 Å². The van der Waals surface area contributed by atoms with Crippen LogP contribution in [0.5, 0.6) is 5.75 Å². The summed E-state index contributed by atoms with van der Waals surface area (Å²) in [6, 6.07) is 7.32. The Balaban J connectivity index is 2.07. The van der Waals surface area contributed by atoms with E-state index < -0.39 is 29.3 Å². The Hall–Kier alpha value is -2.08. The topological polar surface area (TPSA) is 110 Å². The molecule has 6 heteroatoms. The first kappa shape index (κ1) is 15.3. The van der Waals surface area contributed by atoms with Gasteiger partial charge >= 0.3 is 11.9 Å². The summed E-state index contributed by atoms with van der Waals surface area (Å²) in [5.41, 5.74) is 5.42. The fourth-order valence-corrected chi connectivity index (χ4v) is 2.67. The Labute approximate surface area is 122 Å². The lowest BCUT2D eigenvalue weighted by Gasteiger charge is -2.25. The second-order valence-corrected chi connectivity index (χ2v) is 5.48. The number of ether oxygens (including phenoxy) is 1. The van der Waals surface area contributed by atoms with Crippen LogP contribution < -0.4 is 10.5 Å². The summed E-state index contributed by atoms with van der Waals surface area (Å²) >= 11 is 0. The highest BCUT2D eigenvalue weighted by Gasteiger charge is 2.57. The Morgan fingerprint density at radius 2 is 2.14 bits per heavy atom. The second kappa shape index (κ2) is 5.73. The first-order valence-corrected chi connectivity index (χ1v) is 6.76. The minimum atomic E-state index is -1.49. The SMILES string of the molecule is COc1cccc(CC[C@@](N)(C(=O)O)[C@H]2C[C@@H]2C(=O)O)c1. The molecule has 0 aromatic heterocycles. The number of benzene rings is 1. The van der Waals surface area contributed by atoms with E-state index in [1.165, 1.54) is 0 Å². The normalized spacial score (nSPS) is 23.1. The fraction of sp³-hybridized carbons (Fsp3) is 0.467. The van der Waals surface area contributed by atoms with Crippen LogP contribution in [0.4, 0.5) is 0 Å². The van der Waals surface area contributed by atoms with Crippen molar-refractivity contribution in [3.63, 3.8) is 0 Å². The van der Waals surface area contributed by atoms with Crippen molar-refractivity contribution in [1.29, 1.82) is 0 Å². The van der Waals surface area contributed by atoms with Gasteiger partial charge < -0.3 is 20.7 Å². The molecular formula is C15H19NO5. The van der Waals surface area contributed by atoms with Crippen LogP contribution in [0, 0.1) is 11.8 Å². The van der Waals surface area contributed by atoms with Crippen molar-refractivity contribution in [2.24, 2.45) is 17.6 Å². The molecule has 4 N–H and O–H groups in total. The molecule has 0 heterocycles. The lowest BCUT2D eigenvalue weighted by Crippen LogP contribution is -2.51. The first-order valence-electron chi connectivity index (χ1n) is 6.76. The number of carbonyl (C=O) groups is 2. The van der Waals surface area contributed by atoms with Crippen molar-refractivity contribution in [2.45, 2.75) is 24.8 Å². The number of aryl methyl sites for hydroxylation is 1. The standard InChI is InChI=1S/C15H19NO5/c1-21-10-4-2-3-9(7-10)5-6-15(16,14(19)20)12-8-11(12)13(17)18/h2-4,7,11-12H,5-6,8,16H2,1H3,(H,17,18)(H,19,20)/t11-,12-,15-/m0/s1. The highest BCUT2D eigenvalue weighted by atomic mass is 16.5. The van der Waals surface area contributed by atoms with Gasteiger partial charge in [0.05, 0.1) is 13.0 Å². The zero-order chi connectivity index (χ0) is 15.6. The van der Waals surface area contributed by atoms with E-state index in [1.54, 1.807) is 13.2 Å². The van der Waals surface area contributed by atoms with Crippen LogP contribution in [0.3, 0.4) is 0 Å². The number of rotatable bonds is 7. The van der Waals surface area contributed by atoms with Gasteiger partial charge in [0.25, 0.3) is 0 Å². The van der Waals surface area contributed by atoms with Gasteiger partial charge in [0.1, 0.15) is 11.3 Å². The van der Waals surface area contributed by atoms with E-state index in [-0.39, 0.29) is 6.42 Å². The summed E-state index contributed by atoms with van der Waals surface area (Å²) in [6.07, 6.45) is 0.989. The number of hydrogen-bond acceptors (Lipinski definition) is 4. The molecule has 0 bridgehead atoms. The largest absolute Gasteiger partial charge is 0.497 e. The predicted octanol–water partition coefficient (Wildman–Crippen LogP) is 1.13. The lowest BCUT2D eigenvalue weighted by molar-refractivity contribution is -0.145. The highest BCUT2D eigenvalue weighted by molar-refractivity contribution is 5.83. The minimum absolute atomic E-state index is 0.198. The smallest absolute Gasteiger partial charge is 0.324 e. The molecule has 1 saturated carbocycles. The van der Waals surface area contributed by atoms with E-state index in [4.69, 9.17) is 15.6 Å². The monoisotopic (exact) mass is 293 g/mol. The molecule has 21 heavy (non-hydrogen) atoms. The van der Waals surface area contributed by atoms with Crippen LogP contribution in [0.2, 0.25) is 0 Å². The van der Waals surface area contributed by atoms with E-state index in [0.717, 1.165) is 5.56 Å². The van der Waals surface area contributed by atoms with Crippen molar-refractivity contribution in [3.05, 3.63) is 29.8 Å².